The Morgan fingerprint density at radius 2 is 1.63 bits per heavy atom. The van der Waals surface area contributed by atoms with Crippen molar-refractivity contribution in [2.75, 3.05) is 11.9 Å². The number of rotatable bonds is 8. The number of halogens is 1. The van der Waals surface area contributed by atoms with Gasteiger partial charge >= 0.3 is 0 Å². The van der Waals surface area contributed by atoms with Crippen molar-refractivity contribution in [2.24, 2.45) is 0 Å². The van der Waals surface area contributed by atoms with Gasteiger partial charge in [-0.25, -0.2) is 4.98 Å². The summed E-state index contributed by atoms with van der Waals surface area (Å²) in [5.74, 6) is -1.38. The number of amides is 2. The van der Waals surface area contributed by atoms with E-state index in [0.717, 1.165) is 11.1 Å². The lowest BCUT2D eigenvalue weighted by Crippen LogP contribution is -2.49. The number of anilines is 1. The van der Waals surface area contributed by atoms with E-state index in [2.05, 4.69) is 55.4 Å². The lowest BCUT2D eigenvalue weighted by atomic mass is 9.91. The molecule has 2 aromatic heterocycles. The summed E-state index contributed by atoms with van der Waals surface area (Å²) in [6.07, 6.45) is -1.54. The van der Waals surface area contributed by atoms with Crippen molar-refractivity contribution in [3.63, 3.8) is 0 Å². The summed E-state index contributed by atoms with van der Waals surface area (Å²) < 4.78 is 20.1. The first-order valence-electron chi connectivity index (χ1n) is 14.1. The van der Waals surface area contributed by atoms with Crippen molar-refractivity contribution in [2.45, 2.75) is 63.4 Å². The molecule has 4 heterocycles. The molecule has 2 aromatic carbocycles. The standard InChI is InChI=1S/C30H32ClN7O5/c1-4-20(39)36-37-27(40)23-22-24(43-30(2,3)42-22)28(41-23)38-16-33-21-25(34-29(31)35-26(21)38)32-15-19(17-11-7-5-8-12-17)18-13-9-6-10-14-18/h5-14,16,19,22-24,28H,4,15H2,1-3H3,(H,36,39)(H,37,40)(H,32,34,35)/t22-,23+,24-,28-/m1/s1. The minimum atomic E-state index is -1.07. The molecule has 2 aliphatic rings. The van der Waals surface area contributed by atoms with E-state index in [1.54, 1.807) is 31.7 Å². The number of benzene rings is 2. The van der Waals surface area contributed by atoms with E-state index in [-0.39, 0.29) is 23.5 Å². The summed E-state index contributed by atoms with van der Waals surface area (Å²) >= 11 is 6.42. The molecule has 13 heteroatoms. The molecule has 2 saturated heterocycles. The molecule has 0 radical (unpaired) electrons. The summed E-state index contributed by atoms with van der Waals surface area (Å²) in [4.78, 5) is 38.2. The van der Waals surface area contributed by atoms with Gasteiger partial charge < -0.3 is 19.5 Å². The molecule has 6 rings (SSSR count). The molecular weight excluding hydrogens is 574 g/mol. The van der Waals surface area contributed by atoms with Gasteiger partial charge in [-0.2, -0.15) is 9.97 Å². The second kappa shape index (κ2) is 11.9. The van der Waals surface area contributed by atoms with Gasteiger partial charge in [-0.3, -0.25) is 25.0 Å². The molecule has 0 saturated carbocycles. The fourth-order valence-corrected chi connectivity index (χ4v) is 5.66. The van der Waals surface area contributed by atoms with Crippen LogP contribution in [0.3, 0.4) is 0 Å². The van der Waals surface area contributed by atoms with Gasteiger partial charge in [0.05, 0.1) is 6.33 Å². The van der Waals surface area contributed by atoms with Gasteiger partial charge in [0.15, 0.2) is 35.1 Å². The number of nitrogens with zero attached hydrogens (tertiary/aromatic N) is 4. The molecule has 224 valence electrons. The Morgan fingerprint density at radius 3 is 2.28 bits per heavy atom. The van der Waals surface area contributed by atoms with E-state index < -0.39 is 36.2 Å². The topological polar surface area (TPSA) is 142 Å². The highest BCUT2D eigenvalue weighted by molar-refractivity contribution is 6.28. The lowest BCUT2D eigenvalue weighted by molar-refractivity contribution is -0.197. The summed E-state index contributed by atoms with van der Waals surface area (Å²) in [6.45, 7) is 5.73. The first-order chi connectivity index (χ1) is 20.7. The van der Waals surface area contributed by atoms with Crippen molar-refractivity contribution in [3.8, 4) is 0 Å². The van der Waals surface area contributed by atoms with E-state index in [0.29, 0.717) is 23.5 Å². The van der Waals surface area contributed by atoms with E-state index in [1.165, 1.54) is 0 Å². The Kier molecular flexibility index (Phi) is 8.01. The van der Waals surface area contributed by atoms with Crippen LogP contribution in [0.25, 0.3) is 11.2 Å². The van der Waals surface area contributed by atoms with Gasteiger partial charge in [-0.05, 0) is 36.6 Å². The third-order valence-corrected chi connectivity index (χ3v) is 7.65. The van der Waals surface area contributed by atoms with E-state index >= 15 is 0 Å². The fraction of sp³-hybridized carbons (Fsp3) is 0.367. The molecule has 12 nitrogen and oxygen atoms in total. The van der Waals surface area contributed by atoms with Crippen LogP contribution in [0.2, 0.25) is 5.28 Å². The Hall–Kier alpha value is -4.10. The summed E-state index contributed by atoms with van der Waals surface area (Å²) in [5, 5.41) is 3.45. The Morgan fingerprint density at radius 1 is 0.977 bits per heavy atom. The highest BCUT2D eigenvalue weighted by Gasteiger charge is 2.58. The van der Waals surface area contributed by atoms with Crippen LogP contribution >= 0.6 is 11.6 Å². The number of hydrogen-bond donors (Lipinski definition) is 3. The fourth-order valence-electron chi connectivity index (χ4n) is 5.50. The van der Waals surface area contributed by atoms with Crippen LogP contribution in [0.4, 0.5) is 5.82 Å². The largest absolute Gasteiger partial charge is 0.367 e. The SMILES string of the molecule is CCC(=O)NNC(=O)[C@H]1O[C@@H](n2cnc3c(NCC(c4ccccc4)c4ccccc4)nc(Cl)nc32)[C@@H]2OC(C)(C)O[C@@H]21. The molecule has 3 N–H and O–H groups in total. The van der Waals surface area contributed by atoms with Crippen molar-refractivity contribution < 1.29 is 23.8 Å². The van der Waals surface area contributed by atoms with Crippen molar-refractivity contribution in [3.05, 3.63) is 83.4 Å². The van der Waals surface area contributed by atoms with Crippen LogP contribution in [0.1, 0.15) is 50.5 Å². The monoisotopic (exact) mass is 605 g/mol. The summed E-state index contributed by atoms with van der Waals surface area (Å²) in [6, 6.07) is 20.4. The molecule has 2 fully saturated rings. The van der Waals surface area contributed by atoms with Gasteiger partial charge in [0.25, 0.3) is 5.91 Å². The molecule has 4 atom stereocenters. The number of carbonyl (C=O) groups excluding carboxylic acids is 2. The van der Waals surface area contributed by atoms with Crippen LogP contribution in [0, 0.1) is 0 Å². The molecular formula is C30H32ClN7O5. The second-order valence-electron chi connectivity index (χ2n) is 10.8. The maximum atomic E-state index is 13.0. The normalized spacial score (nSPS) is 22.4. The molecule has 0 bridgehead atoms. The Bertz CT molecular complexity index is 1580. The average molecular weight is 606 g/mol. The first kappa shape index (κ1) is 29.0. The maximum absolute atomic E-state index is 13.0. The number of aromatic nitrogens is 4. The molecule has 0 aliphatic carbocycles. The highest BCUT2D eigenvalue weighted by atomic mass is 35.5. The highest BCUT2D eigenvalue weighted by Crippen LogP contribution is 2.44. The zero-order valence-corrected chi connectivity index (χ0v) is 24.6. The minimum absolute atomic E-state index is 0.0164. The molecule has 4 aromatic rings. The third-order valence-electron chi connectivity index (χ3n) is 7.48. The van der Waals surface area contributed by atoms with Gasteiger partial charge in [0.2, 0.25) is 11.2 Å². The van der Waals surface area contributed by atoms with Crippen LogP contribution in [-0.2, 0) is 23.8 Å². The maximum Gasteiger partial charge on any atom is 0.270 e. The predicted molar refractivity (Wildman–Crippen MR) is 158 cm³/mol. The van der Waals surface area contributed by atoms with Crippen molar-refractivity contribution in [1.82, 2.24) is 30.4 Å². The Balaban J connectivity index is 1.29. The summed E-state index contributed by atoms with van der Waals surface area (Å²) in [7, 11) is 0. The zero-order valence-electron chi connectivity index (χ0n) is 23.9. The molecule has 2 amide bonds. The molecule has 0 spiro atoms. The van der Waals surface area contributed by atoms with E-state index in [9.17, 15) is 9.59 Å². The number of fused-ring (bicyclic) bond motifs is 2. The minimum Gasteiger partial charge on any atom is -0.367 e. The number of ether oxygens (including phenoxy) is 3. The van der Waals surface area contributed by atoms with Gasteiger partial charge in [0.1, 0.15) is 12.2 Å². The molecule has 2 aliphatic heterocycles. The number of hydrogen-bond acceptors (Lipinski definition) is 9. The van der Waals surface area contributed by atoms with Gasteiger partial charge in [0, 0.05) is 18.9 Å². The number of carbonyl (C=O) groups is 2. The van der Waals surface area contributed by atoms with Crippen LogP contribution in [0.5, 0.6) is 0 Å². The lowest BCUT2D eigenvalue weighted by Gasteiger charge is -2.24. The van der Waals surface area contributed by atoms with E-state index in [1.807, 2.05) is 36.4 Å². The van der Waals surface area contributed by atoms with E-state index in [4.69, 9.17) is 25.8 Å². The average Bonchev–Trinajstić information content (AvgIpc) is 3.67. The third kappa shape index (κ3) is 5.91. The van der Waals surface area contributed by atoms with Gasteiger partial charge in [-0.15, -0.1) is 0 Å². The predicted octanol–water partition coefficient (Wildman–Crippen LogP) is 3.70. The van der Waals surface area contributed by atoms with Crippen molar-refractivity contribution in [1.29, 1.82) is 0 Å². The van der Waals surface area contributed by atoms with Crippen LogP contribution in [0.15, 0.2) is 67.0 Å². The molecule has 43 heavy (non-hydrogen) atoms. The first-order valence-corrected chi connectivity index (χ1v) is 14.5. The Labute approximate surface area is 253 Å². The zero-order chi connectivity index (χ0) is 30.1. The summed E-state index contributed by atoms with van der Waals surface area (Å²) in [5.41, 5.74) is 7.95. The number of nitrogens with one attached hydrogen (secondary N) is 3. The quantitative estimate of drug-likeness (QED) is 0.202. The second-order valence-corrected chi connectivity index (χ2v) is 11.2. The smallest absolute Gasteiger partial charge is 0.270 e. The van der Waals surface area contributed by atoms with Crippen LogP contribution < -0.4 is 16.2 Å². The molecule has 0 unspecified atom stereocenters. The number of hydrazine groups is 1. The number of imidazole rings is 1. The van der Waals surface area contributed by atoms with Gasteiger partial charge in [-0.1, -0.05) is 67.6 Å². The van der Waals surface area contributed by atoms with Crippen LogP contribution in [-0.4, -0.2) is 62.0 Å². The van der Waals surface area contributed by atoms with Crippen molar-refractivity contribution >= 4 is 40.4 Å².